The Labute approximate surface area is 212 Å². The molecule has 2 heterocycles. The SMILES string of the molecule is Cc1nc(CCC(=O)N[C@@H](Cc2ccccc2)C(=O)N[C@H](C(=O)O)C(C)C)cc(C2CCNCC2)n1. The number of amides is 2. The third kappa shape index (κ3) is 8.12. The van der Waals surface area contributed by atoms with Crippen molar-refractivity contribution in [2.24, 2.45) is 5.92 Å². The largest absolute Gasteiger partial charge is 0.480 e. The molecule has 1 aromatic carbocycles. The van der Waals surface area contributed by atoms with E-state index >= 15 is 0 Å². The average molecular weight is 496 g/mol. The number of rotatable bonds is 11. The summed E-state index contributed by atoms with van der Waals surface area (Å²) in [4.78, 5) is 46.6. The van der Waals surface area contributed by atoms with Gasteiger partial charge in [0.25, 0.3) is 0 Å². The minimum Gasteiger partial charge on any atom is -0.480 e. The van der Waals surface area contributed by atoms with E-state index in [4.69, 9.17) is 0 Å². The molecule has 0 radical (unpaired) electrons. The standard InChI is InChI=1S/C27H37N5O4/c1-17(2)25(27(35)36)32-26(34)23(15-19-7-5-4-6-8-19)31-24(33)10-9-21-16-22(30-18(3)29-21)20-11-13-28-14-12-20/h4-8,16-17,20,23,25,28H,9-15H2,1-3H3,(H,31,33)(H,32,34)(H,35,36)/t23-,25-/m0/s1. The van der Waals surface area contributed by atoms with Crippen LogP contribution in [0.25, 0.3) is 0 Å². The number of benzene rings is 1. The first-order valence-corrected chi connectivity index (χ1v) is 12.6. The zero-order chi connectivity index (χ0) is 26.1. The molecule has 0 bridgehead atoms. The molecule has 1 aromatic heterocycles. The number of aliphatic carboxylic acids is 1. The number of carboxylic acids is 1. The predicted octanol–water partition coefficient (Wildman–Crippen LogP) is 2.14. The van der Waals surface area contributed by atoms with Gasteiger partial charge in [-0.15, -0.1) is 0 Å². The van der Waals surface area contributed by atoms with Crippen LogP contribution < -0.4 is 16.0 Å². The molecule has 2 amide bonds. The van der Waals surface area contributed by atoms with E-state index in [1.54, 1.807) is 13.8 Å². The zero-order valence-electron chi connectivity index (χ0n) is 21.3. The number of carboxylic acid groups (broad SMARTS) is 1. The Kier molecular flexibility index (Phi) is 9.93. The van der Waals surface area contributed by atoms with E-state index in [-0.39, 0.29) is 24.7 Å². The molecule has 4 N–H and O–H groups in total. The van der Waals surface area contributed by atoms with Gasteiger partial charge in [-0.3, -0.25) is 9.59 Å². The summed E-state index contributed by atoms with van der Waals surface area (Å²) in [5, 5.41) is 18.2. The van der Waals surface area contributed by atoms with Gasteiger partial charge in [-0.2, -0.15) is 0 Å². The first-order chi connectivity index (χ1) is 17.2. The van der Waals surface area contributed by atoms with Crippen LogP contribution in [0, 0.1) is 12.8 Å². The topological polar surface area (TPSA) is 133 Å². The average Bonchev–Trinajstić information content (AvgIpc) is 2.86. The third-order valence-corrected chi connectivity index (χ3v) is 6.44. The highest BCUT2D eigenvalue weighted by atomic mass is 16.4. The van der Waals surface area contributed by atoms with Crippen LogP contribution in [0.3, 0.4) is 0 Å². The van der Waals surface area contributed by atoms with Crippen molar-refractivity contribution in [1.29, 1.82) is 0 Å². The van der Waals surface area contributed by atoms with Crippen LogP contribution >= 0.6 is 0 Å². The van der Waals surface area contributed by atoms with Crippen LogP contribution in [0.15, 0.2) is 36.4 Å². The number of hydrogen-bond donors (Lipinski definition) is 4. The Morgan fingerprint density at radius 3 is 2.42 bits per heavy atom. The van der Waals surface area contributed by atoms with E-state index in [1.165, 1.54) is 0 Å². The van der Waals surface area contributed by atoms with Gasteiger partial charge in [0.2, 0.25) is 11.8 Å². The van der Waals surface area contributed by atoms with Crippen molar-refractivity contribution in [3.05, 3.63) is 59.2 Å². The molecule has 1 fully saturated rings. The summed E-state index contributed by atoms with van der Waals surface area (Å²) in [6, 6.07) is 9.39. The fourth-order valence-electron chi connectivity index (χ4n) is 4.44. The maximum Gasteiger partial charge on any atom is 0.326 e. The van der Waals surface area contributed by atoms with Crippen molar-refractivity contribution in [2.75, 3.05) is 13.1 Å². The summed E-state index contributed by atoms with van der Waals surface area (Å²) in [6.45, 7) is 7.25. The molecule has 36 heavy (non-hydrogen) atoms. The van der Waals surface area contributed by atoms with E-state index in [0.717, 1.165) is 42.9 Å². The summed E-state index contributed by atoms with van der Waals surface area (Å²) in [5.41, 5.74) is 2.70. The lowest BCUT2D eigenvalue weighted by molar-refractivity contribution is -0.143. The van der Waals surface area contributed by atoms with Gasteiger partial charge in [-0.05, 0) is 56.8 Å². The number of aromatic nitrogens is 2. The first kappa shape index (κ1) is 27.3. The molecule has 3 rings (SSSR count). The summed E-state index contributed by atoms with van der Waals surface area (Å²) >= 11 is 0. The number of carbonyl (C=O) groups excluding carboxylic acids is 2. The van der Waals surface area contributed by atoms with Gasteiger partial charge >= 0.3 is 5.97 Å². The summed E-state index contributed by atoms with van der Waals surface area (Å²) < 4.78 is 0. The molecule has 1 aliphatic rings. The molecule has 0 spiro atoms. The second-order valence-corrected chi connectivity index (χ2v) is 9.73. The van der Waals surface area contributed by atoms with Gasteiger partial charge in [0, 0.05) is 30.1 Å². The molecule has 1 saturated heterocycles. The fourth-order valence-corrected chi connectivity index (χ4v) is 4.44. The second kappa shape index (κ2) is 13.1. The highest BCUT2D eigenvalue weighted by Crippen LogP contribution is 2.24. The van der Waals surface area contributed by atoms with Crippen LogP contribution in [-0.4, -0.2) is 58.0 Å². The van der Waals surface area contributed by atoms with E-state index in [2.05, 4.69) is 25.9 Å². The van der Waals surface area contributed by atoms with Crippen molar-refractivity contribution in [2.45, 2.75) is 70.9 Å². The lowest BCUT2D eigenvalue weighted by atomic mass is 9.93. The minimum absolute atomic E-state index is 0.160. The molecule has 9 heteroatoms. The van der Waals surface area contributed by atoms with Gasteiger partial charge < -0.3 is 21.1 Å². The Morgan fingerprint density at radius 1 is 1.08 bits per heavy atom. The van der Waals surface area contributed by atoms with Gasteiger partial charge in [-0.1, -0.05) is 44.2 Å². The molecule has 0 saturated carbocycles. The van der Waals surface area contributed by atoms with Crippen LogP contribution in [0.4, 0.5) is 0 Å². The summed E-state index contributed by atoms with van der Waals surface area (Å²) in [5.74, 6) is -1.12. The molecule has 2 aromatic rings. The number of nitrogens with zero attached hydrogens (tertiary/aromatic N) is 2. The molecule has 1 aliphatic heterocycles. The highest BCUT2D eigenvalue weighted by Gasteiger charge is 2.28. The Balaban J connectivity index is 1.66. The Morgan fingerprint density at radius 2 is 1.78 bits per heavy atom. The smallest absolute Gasteiger partial charge is 0.326 e. The fraction of sp³-hybridized carbons (Fsp3) is 0.519. The number of hydrogen-bond acceptors (Lipinski definition) is 6. The van der Waals surface area contributed by atoms with Crippen molar-refractivity contribution >= 4 is 17.8 Å². The van der Waals surface area contributed by atoms with Crippen LogP contribution in [0.1, 0.15) is 61.8 Å². The molecule has 9 nitrogen and oxygen atoms in total. The van der Waals surface area contributed by atoms with E-state index < -0.39 is 24.0 Å². The van der Waals surface area contributed by atoms with E-state index in [1.807, 2.05) is 43.3 Å². The molecular formula is C27H37N5O4. The summed E-state index contributed by atoms with van der Waals surface area (Å²) in [6.07, 6.45) is 2.90. The zero-order valence-corrected chi connectivity index (χ0v) is 21.3. The van der Waals surface area contributed by atoms with Crippen LogP contribution in [-0.2, 0) is 27.2 Å². The molecule has 0 unspecified atom stereocenters. The number of piperidine rings is 1. The molecular weight excluding hydrogens is 458 g/mol. The van der Waals surface area contributed by atoms with Crippen molar-refractivity contribution in [3.63, 3.8) is 0 Å². The number of nitrogens with one attached hydrogen (secondary N) is 3. The monoisotopic (exact) mass is 495 g/mol. The third-order valence-electron chi connectivity index (χ3n) is 6.44. The van der Waals surface area contributed by atoms with Crippen molar-refractivity contribution in [1.82, 2.24) is 25.9 Å². The second-order valence-electron chi connectivity index (χ2n) is 9.73. The maximum atomic E-state index is 13.0. The van der Waals surface area contributed by atoms with E-state index in [0.29, 0.717) is 18.2 Å². The lowest BCUT2D eigenvalue weighted by Crippen LogP contribution is -2.53. The lowest BCUT2D eigenvalue weighted by Gasteiger charge is -2.23. The van der Waals surface area contributed by atoms with E-state index in [9.17, 15) is 19.5 Å². The molecule has 2 atom stereocenters. The normalized spacial score (nSPS) is 15.8. The van der Waals surface area contributed by atoms with Crippen molar-refractivity contribution in [3.8, 4) is 0 Å². The van der Waals surface area contributed by atoms with Gasteiger partial charge in [0.15, 0.2) is 0 Å². The summed E-state index contributed by atoms with van der Waals surface area (Å²) in [7, 11) is 0. The number of aryl methyl sites for hydroxylation is 2. The quantitative estimate of drug-likeness (QED) is 0.375. The van der Waals surface area contributed by atoms with Gasteiger partial charge in [0.1, 0.15) is 17.9 Å². The molecule has 194 valence electrons. The molecule has 0 aliphatic carbocycles. The van der Waals surface area contributed by atoms with Gasteiger partial charge in [0.05, 0.1) is 0 Å². The Bertz CT molecular complexity index is 1040. The highest BCUT2D eigenvalue weighted by molar-refractivity contribution is 5.90. The van der Waals surface area contributed by atoms with Crippen LogP contribution in [0.2, 0.25) is 0 Å². The Hall–Kier alpha value is -3.33. The van der Waals surface area contributed by atoms with Crippen LogP contribution in [0.5, 0.6) is 0 Å². The minimum atomic E-state index is -1.10. The first-order valence-electron chi connectivity index (χ1n) is 12.6. The predicted molar refractivity (Wildman–Crippen MR) is 136 cm³/mol. The number of carbonyl (C=O) groups is 3. The van der Waals surface area contributed by atoms with Gasteiger partial charge in [-0.25, -0.2) is 14.8 Å². The van der Waals surface area contributed by atoms with Crippen molar-refractivity contribution < 1.29 is 19.5 Å². The maximum absolute atomic E-state index is 13.0.